The minimum absolute atomic E-state index is 0.0700. The van der Waals surface area contributed by atoms with E-state index >= 15 is 0 Å². The van der Waals surface area contributed by atoms with Crippen molar-refractivity contribution in [1.82, 2.24) is 14.5 Å². The van der Waals surface area contributed by atoms with Crippen LogP contribution >= 0.6 is 0 Å². The molecule has 0 radical (unpaired) electrons. The minimum Gasteiger partial charge on any atom is -0.352 e. The first kappa shape index (κ1) is 23.0. The second-order valence-electron chi connectivity index (χ2n) is 8.89. The molecule has 2 aliphatic rings. The van der Waals surface area contributed by atoms with Gasteiger partial charge in [-0.1, -0.05) is 48.9 Å². The fourth-order valence-electron chi connectivity index (χ4n) is 4.66. The number of hydrogen-bond donors (Lipinski definition) is 1. The van der Waals surface area contributed by atoms with Crippen LogP contribution in [0.25, 0.3) is 0 Å². The third-order valence-electron chi connectivity index (χ3n) is 6.45. The lowest BCUT2D eigenvalue weighted by Gasteiger charge is -2.31. The van der Waals surface area contributed by atoms with Gasteiger partial charge in [-0.25, -0.2) is 8.42 Å². The van der Waals surface area contributed by atoms with E-state index in [-0.39, 0.29) is 23.3 Å². The van der Waals surface area contributed by atoms with Crippen molar-refractivity contribution in [1.29, 1.82) is 0 Å². The monoisotopic (exact) mass is 455 g/mol. The highest BCUT2D eigenvalue weighted by Crippen LogP contribution is 2.24. The van der Waals surface area contributed by atoms with Gasteiger partial charge in [-0.15, -0.1) is 0 Å². The van der Waals surface area contributed by atoms with E-state index in [1.807, 2.05) is 6.07 Å². The molecule has 1 amide bonds. The Kier molecular flexibility index (Phi) is 7.60. The molecule has 2 aliphatic heterocycles. The summed E-state index contributed by atoms with van der Waals surface area (Å²) in [5.74, 6) is -0.391. The van der Waals surface area contributed by atoms with Crippen molar-refractivity contribution in [2.75, 3.05) is 26.2 Å². The first-order valence-electron chi connectivity index (χ1n) is 11.7. The molecule has 0 saturated carbocycles. The Morgan fingerprint density at radius 3 is 2.44 bits per heavy atom. The molecule has 2 aromatic carbocycles. The van der Waals surface area contributed by atoms with Crippen LogP contribution in [0, 0.1) is 5.92 Å². The first-order valence-corrected chi connectivity index (χ1v) is 13.1. The Morgan fingerprint density at radius 1 is 0.906 bits per heavy atom. The number of piperidine rings is 2. The number of hydrogen-bond acceptors (Lipinski definition) is 4. The summed E-state index contributed by atoms with van der Waals surface area (Å²) in [4.78, 5) is 15.6. The third kappa shape index (κ3) is 5.77. The molecule has 0 spiro atoms. The highest BCUT2D eigenvalue weighted by Gasteiger charge is 2.33. The Hall–Kier alpha value is -2.22. The Balaban J connectivity index is 1.32. The highest BCUT2D eigenvalue weighted by molar-refractivity contribution is 7.89. The minimum atomic E-state index is -3.57. The van der Waals surface area contributed by atoms with Gasteiger partial charge in [0, 0.05) is 26.2 Å². The summed E-state index contributed by atoms with van der Waals surface area (Å²) in [6.07, 6.45) is 5.27. The molecule has 0 aromatic heterocycles. The molecule has 1 atom stereocenters. The van der Waals surface area contributed by atoms with Crippen LogP contribution in [0.1, 0.15) is 43.2 Å². The number of nitrogens with zero attached hydrogens (tertiary/aromatic N) is 2. The number of amides is 1. The number of carbonyl (C=O) groups excluding carboxylic acids is 1. The first-order chi connectivity index (χ1) is 15.5. The fourth-order valence-corrected chi connectivity index (χ4v) is 6.21. The number of benzene rings is 2. The zero-order valence-corrected chi connectivity index (χ0v) is 19.4. The van der Waals surface area contributed by atoms with Gasteiger partial charge in [0.25, 0.3) is 0 Å². The highest BCUT2D eigenvalue weighted by atomic mass is 32.2. The molecular formula is C25H33N3O3S. The zero-order valence-electron chi connectivity index (χ0n) is 18.6. The summed E-state index contributed by atoms with van der Waals surface area (Å²) < 4.78 is 27.3. The van der Waals surface area contributed by atoms with Crippen LogP contribution in [0.15, 0.2) is 59.5 Å². The number of likely N-dealkylation sites (tertiary alicyclic amines) is 1. The van der Waals surface area contributed by atoms with Crippen LogP contribution in [0.3, 0.4) is 0 Å². The molecule has 2 fully saturated rings. The summed E-state index contributed by atoms with van der Waals surface area (Å²) in [5.41, 5.74) is 2.36. The van der Waals surface area contributed by atoms with Crippen molar-refractivity contribution in [3.8, 4) is 0 Å². The van der Waals surface area contributed by atoms with Crippen molar-refractivity contribution >= 4 is 15.9 Å². The molecule has 2 heterocycles. The average Bonchev–Trinajstić information content (AvgIpc) is 2.84. The molecule has 1 N–H and O–H groups in total. The van der Waals surface area contributed by atoms with Crippen LogP contribution in [0.5, 0.6) is 0 Å². The summed E-state index contributed by atoms with van der Waals surface area (Å²) in [6, 6.07) is 16.9. The van der Waals surface area contributed by atoms with Gasteiger partial charge < -0.3 is 5.32 Å². The maximum atomic E-state index is 12.9. The van der Waals surface area contributed by atoms with Crippen molar-refractivity contribution < 1.29 is 13.2 Å². The van der Waals surface area contributed by atoms with E-state index in [1.54, 1.807) is 30.3 Å². The lowest BCUT2D eigenvalue weighted by Crippen LogP contribution is -2.45. The molecule has 4 rings (SSSR count). The summed E-state index contributed by atoms with van der Waals surface area (Å²) in [7, 11) is -3.57. The van der Waals surface area contributed by atoms with E-state index < -0.39 is 10.0 Å². The predicted molar refractivity (Wildman–Crippen MR) is 125 cm³/mol. The third-order valence-corrected chi connectivity index (χ3v) is 8.33. The molecule has 6 nitrogen and oxygen atoms in total. The molecule has 0 bridgehead atoms. The van der Waals surface area contributed by atoms with E-state index in [9.17, 15) is 13.2 Å². The Morgan fingerprint density at radius 2 is 1.66 bits per heavy atom. The predicted octanol–water partition coefficient (Wildman–Crippen LogP) is 3.39. The van der Waals surface area contributed by atoms with Crippen molar-refractivity contribution in [3.63, 3.8) is 0 Å². The number of rotatable bonds is 7. The Labute approximate surface area is 191 Å². The van der Waals surface area contributed by atoms with Gasteiger partial charge in [0.1, 0.15) is 0 Å². The van der Waals surface area contributed by atoms with Gasteiger partial charge in [-0.2, -0.15) is 4.31 Å². The molecule has 0 aliphatic carbocycles. The van der Waals surface area contributed by atoms with Crippen LogP contribution in [0.2, 0.25) is 0 Å². The second kappa shape index (κ2) is 10.6. The lowest BCUT2D eigenvalue weighted by atomic mass is 9.98. The maximum Gasteiger partial charge on any atom is 0.243 e. The SMILES string of the molecule is O=C(NCc1cccc(CN2CCCCC2)c1)C1CCCN(S(=O)(=O)c2ccccc2)C1. The van der Waals surface area contributed by atoms with E-state index in [1.165, 1.54) is 29.1 Å². The van der Waals surface area contributed by atoms with Crippen molar-refractivity contribution in [2.24, 2.45) is 5.92 Å². The average molecular weight is 456 g/mol. The standard InChI is InChI=1S/C25H33N3O3S/c29-25(23-11-8-16-28(20-23)32(30,31)24-12-3-1-4-13-24)26-18-21-9-7-10-22(17-21)19-27-14-5-2-6-15-27/h1,3-4,7,9-10,12-13,17,23H,2,5-6,8,11,14-16,18-20H2,(H,26,29). The molecule has 2 saturated heterocycles. The van der Waals surface area contributed by atoms with E-state index in [2.05, 4.69) is 28.4 Å². The Bertz CT molecular complexity index is 1000. The summed E-state index contributed by atoms with van der Waals surface area (Å²) in [6.45, 7) is 4.43. The largest absolute Gasteiger partial charge is 0.352 e. The summed E-state index contributed by atoms with van der Waals surface area (Å²) in [5, 5.41) is 3.04. The van der Waals surface area contributed by atoms with Gasteiger partial charge in [0.15, 0.2) is 0 Å². The molecule has 2 aromatic rings. The van der Waals surface area contributed by atoms with Gasteiger partial charge in [-0.05, 0) is 62.0 Å². The van der Waals surface area contributed by atoms with Gasteiger partial charge >= 0.3 is 0 Å². The summed E-state index contributed by atoms with van der Waals surface area (Å²) >= 11 is 0. The molecule has 1 unspecified atom stereocenters. The van der Waals surface area contributed by atoms with E-state index in [4.69, 9.17) is 0 Å². The number of sulfonamides is 1. The normalized spacial score (nSPS) is 20.7. The van der Waals surface area contributed by atoms with Crippen LogP contribution in [0.4, 0.5) is 0 Å². The lowest BCUT2D eigenvalue weighted by molar-refractivity contribution is -0.126. The maximum absolute atomic E-state index is 12.9. The fraction of sp³-hybridized carbons (Fsp3) is 0.480. The van der Waals surface area contributed by atoms with Gasteiger partial charge in [0.05, 0.1) is 10.8 Å². The van der Waals surface area contributed by atoms with Gasteiger partial charge in [0.2, 0.25) is 15.9 Å². The smallest absolute Gasteiger partial charge is 0.243 e. The van der Waals surface area contributed by atoms with Crippen LogP contribution < -0.4 is 5.32 Å². The van der Waals surface area contributed by atoms with E-state index in [0.29, 0.717) is 25.9 Å². The zero-order chi connectivity index (χ0) is 22.4. The van der Waals surface area contributed by atoms with Crippen molar-refractivity contribution in [2.45, 2.75) is 50.1 Å². The molecule has 7 heteroatoms. The number of carbonyl (C=O) groups is 1. The topological polar surface area (TPSA) is 69.7 Å². The van der Waals surface area contributed by atoms with Crippen LogP contribution in [-0.4, -0.2) is 49.7 Å². The van der Waals surface area contributed by atoms with Gasteiger partial charge in [-0.3, -0.25) is 9.69 Å². The van der Waals surface area contributed by atoms with E-state index in [0.717, 1.165) is 25.2 Å². The van der Waals surface area contributed by atoms with Crippen molar-refractivity contribution in [3.05, 3.63) is 65.7 Å². The molecule has 32 heavy (non-hydrogen) atoms. The molecule has 172 valence electrons. The van der Waals surface area contributed by atoms with Crippen LogP contribution in [-0.2, 0) is 27.9 Å². The number of nitrogens with one attached hydrogen (secondary N) is 1. The quantitative estimate of drug-likeness (QED) is 0.695. The second-order valence-corrected chi connectivity index (χ2v) is 10.8. The molecular weight excluding hydrogens is 422 g/mol.